The Labute approximate surface area is 152 Å². The Bertz CT molecular complexity index is 902. The van der Waals surface area contributed by atoms with Gasteiger partial charge in [0, 0.05) is 5.39 Å². The minimum atomic E-state index is -0.501. The summed E-state index contributed by atoms with van der Waals surface area (Å²) in [5, 5.41) is 7.03. The summed E-state index contributed by atoms with van der Waals surface area (Å²) < 4.78 is 5.18. The number of methoxy groups -OCH3 is 1. The number of ether oxygens (including phenoxy) is 1. The second kappa shape index (κ2) is 7.39. The molecule has 6 nitrogen and oxygen atoms in total. The van der Waals surface area contributed by atoms with Crippen molar-refractivity contribution < 1.29 is 9.53 Å². The molecule has 0 aliphatic heterocycles. The molecule has 134 valence electrons. The molecule has 0 fully saturated rings. The van der Waals surface area contributed by atoms with Crippen molar-refractivity contribution in [3.8, 4) is 5.75 Å². The van der Waals surface area contributed by atoms with Crippen LogP contribution >= 0.6 is 0 Å². The van der Waals surface area contributed by atoms with E-state index in [2.05, 4.69) is 20.6 Å². The highest BCUT2D eigenvalue weighted by molar-refractivity contribution is 5.90. The number of benzene rings is 2. The van der Waals surface area contributed by atoms with Crippen molar-refractivity contribution in [2.45, 2.75) is 19.4 Å². The van der Waals surface area contributed by atoms with Crippen LogP contribution in [0.3, 0.4) is 0 Å². The predicted molar refractivity (Wildman–Crippen MR) is 102 cm³/mol. The zero-order valence-electron chi connectivity index (χ0n) is 15.1. The Morgan fingerprint density at radius 2 is 1.81 bits per heavy atom. The maximum Gasteiger partial charge on any atom is 0.240 e. The van der Waals surface area contributed by atoms with Crippen molar-refractivity contribution in [3.63, 3.8) is 0 Å². The van der Waals surface area contributed by atoms with E-state index in [1.807, 2.05) is 62.4 Å². The van der Waals surface area contributed by atoms with E-state index >= 15 is 0 Å². The number of hydrogen-bond acceptors (Lipinski definition) is 5. The summed E-state index contributed by atoms with van der Waals surface area (Å²) in [5.41, 5.74) is 1.33. The summed E-state index contributed by atoms with van der Waals surface area (Å²) in [6.07, 6.45) is 1.49. The van der Waals surface area contributed by atoms with Crippen molar-refractivity contribution in [2.24, 2.45) is 0 Å². The molecule has 1 heterocycles. The van der Waals surface area contributed by atoms with E-state index in [0.29, 0.717) is 5.82 Å². The van der Waals surface area contributed by atoms with Crippen molar-refractivity contribution in [3.05, 3.63) is 60.4 Å². The van der Waals surface area contributed by atoms with Crippen LogP contribution in [0, 0.1) is 0 Å². The Hall–Kier alpha value is -3.15. The second-order valence-corrected chi connectivity index (χ2v) is 6.49. The Kier molecular flexibility index (Phi) is 5.02. The van der Waals surface area contributed by atoms with E-state index in [1.165, 1.54) is 6.33 Å². The minimum Gasteiger partial charge on any atom is -0.497 e. The van der Waals surface area contributed by atoms with Gasteiger partial charge in [-0.2, -0.15) is 0 Å². The molecule has 0 aliphatic carbocycles. The Morgan fingerprint density at radius 3 is 2.54 bits per heavy atom. The Morgan fingerprint density at radius 1 is 1.08 bits per heavy atom. The lowest BCUT2D eigenvalue weighted by atomic mass is 9.94. The van der Waals surface area contributed by atoms with Gasteiger partial charge >= 0.3 is 0 Å². The fraction of sp³-hybridized carbons (Fsp3) is 0.250. The predicted octanol–water partition coefficient (Wildman–Crippen LogP) is 3.10. The normalized spacial score (nSPS) is 11.2. The van der Waals surface area contributed by atoms with Gasteiger partial charge in [0.15, 0.2) is 0 Å². The van der Waals surface area contributed by atoms with Crippen LogP contribution in [0.4, 0.5) is 5.82 Å². The monoisotopic (exact) mass is 350 g/mol. The zero-order chi connectivity index (χ0) is 18.6. The van der Waals surface area contributed by atoms with Crippen LogP contribution in [0.1, 0.15) is 19.4 Å². The smallest absolute Gasteiger partial charge is 0.240 e. The number of rotatable bonds is 6. The largest absolute Gasteiger partial charge is 0.497 e. The first kappa shape index (κ1) is 17.7. The van der Waals surface area contributed by atoms with Crippen LogP contribution in [0.15, 0.2) is 54.9 Å². The van der Waals surface area contributed by atoms with Gasteiger partial charge in [-0.05, 0) is 43.7 Å². The van der Waals surface area contributed by atoms with Gasteiger partial charge in [-0.1, -0.05) is 24.3 Å². The van der Waals surface area contributed by atoms with Gasteiger partial charge in [0.25, 0.3) is 0 Å². The molecule has 0 radical (unpaired) electrons. The highest BCUT2D eigenvalue weighted by atomic mass is 16.5. The molecule has 1 aromatic heterocycles. The van der Waals surface area contributed by atoms with Crippen LogP contribution in [0.25, 0.3) is 10.9 Å². The molecule has 3 rings (SSSR count). The average molecular weight is 350 g/mol. The minimum absolute atomic E-state index is 0.117. The average Bonchev–Trinajstić information content (AvgIpc) is 2.66. The van der Waals surface area contributed by atoms with E-state index in [4.69, 9.17) is 4.74 Å². The molecule has 3 aromatic rings. The third-order valence-corrected chi connectivity index (χ3v) is 4.22. The SMILES string of the molecule is COc1ccc(C(C)(C)NC(=O)CNc2ncnc3ccccc23)cc1. The van der Waals surface area contributed by atoms with Gasteiger partial charge in [-0.3, -0.25) is 4.79 Å². The van der Waals surface area contributed by atoms with Gasteiger partial charge in [0.1, 0.15) is 17.9 Å². The van der Waals surface area contributed by atoms with Gasteiger partial charge in [0.05, 0.1) is 24.7 Å². The third-order valence-electron chi connectivity index (χ3n) is 4.22. The highest BCUT2D eigenvalue weighted by Gasteiger charge is 2.22. The molecule has 0 unspecified atom stereocenters. The van der Waals surface area contributed by atoms with Crippen LogP contribution in [0.2, 0.25) is 0 Å². The molecule has 26 heavy (non-hydrogen) atoms. The third kappa shape index (κ3) is 3.91. The summed E-state index contributed by atoms with van der Waals surface area (Å²) in [6.45, 7) is 4.06. The topological polar surface area (TPSA) is 76.1 Å². The fourth-order valence-electron chi connectivity index (χ4n) is 2.78. The first-order valence-electron chi connectivity index (χ1n) is 8.39. The van der Waals surface area contributed by atoms with E-state index in [0.717, 1.165) is 22.2 Å². The molecular weight excluding hydrogens is 328 g/mol. The number of nitrogens with zero attached hydrogens (tertiary/aromatic N) is 2. The molecule has 0 saturated heterocycles. The van der Waals surface area contributed by atoms with Crippen LogP contribution < -0.4 is 15.4 Å². The van der Waals surface area contributed by atoms with Gasteiger partial charge in [-0.25, -0.2) is 9.97 Å². The highest BCUT2D eigenvalue weighted by Crippen LogP contribution is 2.23. The van der Waals surface area contributed by atoms with Gasteiger partial charge < -0.3 is 15.4 Å². The number of anilines is 1. The molecule has 6 heteroatoms. The van der Waals surface area contributed by atoms with Crippen molar-refractivity contribution in [1.82, 2.24) is 15.3 Å². The molecule has 0 saturated carbocycles. The summed E-state index contributed by atoms with van der Waals surface area (Å²) in [4.78, 5) is 20.9. The fourth-order valence-corrected chi connectivity index (χ4v) is 2.78. The summed E-state index contributed by atoms with van der Waals surface area (Å²) in [5.74, 6) is 1.31. The molecule has 1 amide bonds. The standard InChI is InChI=1S/C20H22N4O2/c1-20(2,14-8-10-15(26-3)11-9-14)24-18(25)12-21-19-16-6-4-5-7-17(16)22-13-23-19/h4-11,13H,12H2,1-3H3,(H,24,25)(H,21,22,23). The van der Waals surface area contributed by atoms with Crippen molar-refractivity contribution >= 4 is 22.6 Å². The maximum atomic E-state index is 12.4. The first-order chi connectivity index (χ1) is 12.5. The molecule has 0 spiro atoms. The van der Waals surface area contributed by atoms with Gasteiger partial charge in [-0.15, -0.1) is 0 Å². The molecule has 0 bridgehead atoms. The summed E-state index contributed by atoms with van der Waals surface area (Å²) >= 11 is 0. The number of para-hydroxylation sites is 1. The lowest BCUT2D eigenvalue weighted by Gasteiger charge is -2.27. The van der Waals surface area contributed by atoms with Crippen LogP contribution in [-0.4, -0.2) is 29.5 Å². The first-order valence-corrected chi connectivity index (χ1v) is 8.39. The van der Waals surface area contributed by atoms with E-state index in [-0.39, 0.29) is 12.5 Å². The van der Waals surface area contributed by atoms with Gasteiger partial charge in [0.2, 0.25) is 5.91 Å². The number of hydrogen-bond donors (Lipinski definition) is 2. The number of carbonyl (C=O) groups is 1. The summed E-state index contributed by atoms with van der Waals surface area (Å²) in [7, 11) is 1.63. The lowest BCUT2D eigenvalue weighted by molar-refractivity contribution is -0.121. The van der Waals surface area contributed by atoms with E-state index < -0.39 is 5.54 Å². The maximum absolute atomic E-state index is 12.4. The van der Waals surface area contributed by atoms with E-state index in [1.54, 1.807) is 7.11 Å². The van der Waals surface area contributed by atoms with Crippen molar-refractivity contribution in [2.75, 3.05) is 19.0 Å². The van der Waals surface area contributed by atoms with Crippen LogP contribution in [-0.2, 0) is 10.3 Å². The zero-order valence-corrected chi connectivity index (χ0v) is 15.1. The molecule has 2 N–H and O–H groups in total. The second-order valence-electron chi connectivity index (χ2n) is 6.49. The number of carbonyl (C=O) groups excluding carboxylic acids is 1. The Balaban J connectivity index is 1.66. The number of aromatic nitrogens is 2. The molecular formula is C20H22N4O2. The lowest BCUT2D eigenvalue weighted by Crippen LogP contribution is -2.43. The van der Waals surface area contributed by atoms with Crippen molar-refractivity contribution in [1.29, 1.82) is 0 Å². The number of amides is 1. The summed E-state index contributed by atoms with van der Waals surface area (Å²) in [6, 6.07) is 15.3. The molecule has 2 aromatic carbocycles. The quantitative estimate of drug-likeness (QED) is 0.714. The molecule has 0 aliphatic rings. The van der Waals surface area contributed by atoms with Crippen LogP contribution in [0.5, 0.6) is 5.75 Å². The number of fused-ring (bicyclic) bond motifs is 1. The number of nitrogens with one attached hydrogen (secondary N) is 2. The van der Waals surface area contributed by atoms with E-state index in [9.17, 15) is 4.79 Å². The molecule has 0 atom stereocenters.